The van der Waals surface area contributed by atoms with Crippen LogP contribution in [0.1, 0.15) is 18.3 Å². The number of hydrogen-bond donors (Lipinski definition) is 1. The first-order valence-corrected chi connectivity index (χ1v) is 6.26. The van der Waals surface area contributed by atoms with Crippen LogP contribution in [0.5, 0.6) is 0 Å². The molecule has 0 bridgehead atoms. The molecule has 20 heavy (non-hydrogen) atoms. The summed E-state index contributed by atoms with van der Waals surface area (Å²) >= 11 is 0. The van der Waals surface area contributed by atoms with Crippen molar-refractivity contribution < 1.29 is 9.31 Å². The fraction of sp³-hybridized carbons (Fsp3) is 0.308. The molecule has 0 saturated heterocycles. The topological polar surface area (TPSA) is 73.0 Å². The van der Waals surface area contributed by atoms with Crippen molar-refractivity contribution >= 4 is 5.69 Å². The lowest BCUT2D eigenvalue weighted by Gasteiger charge is -2.09. The Morgan fingerprint density at radius 1 is 1.50 bits per heavy atom. The third-order valence-electron chi connectivity index (χ3n) is 2.93. The molecule has 2 aromatic rings. The van der Waals surface area contributed by atoms with E-state index < -0.39 is 16.4 Å². The zero-order valence-electron chi connectivity index (χ0n) is 11.0. The number of nitrogens with one attached hydrogen (secondary N) is 1. The molecule has 1 heterocycles. The second kappa shape index (κ2) is 6.25. The molecule has 0 aliphatic carbocycles. The highest BCUT2D eigenvalue weighted by atomic mass is 19.1. The van der Waals surface area contributed by atoms with Crippen molar-refractivity contribution in [2.24, 2.45) is 0 Å². The quantitative estimate of drug-likeness (QED) is 0.648. The SMILES string of the molecule is CCNCc1nccn1Cc1cccc([N+](=O)[O-])c1F. The van der Waals surface area contributed by atoms with Crippen LogP contribution in [0.15, 0.2) is 30.6 Å². The predicted octanol–water partition coefficient (Wildman–Crippen LogP) is 2.09. The van der Waals surface area contributed by atoms with Gasteiger partial charge in [0, 0.05) is 24.0 Å². The molecule has 0 atom stereocenters. The monoisotopic (exact) mass is 278 g/mol. The van der Waals surface area contributed by atoms with E-state index in [0.717, 1.165) is 18.4 Å². The highest BCUT2D eigenvalue weighted by Crippen LogP contribution is 2.21. The molecule has 0 radical (unpaired) electrons. The summed E-state index contributed by atoms with van der Waals surface area (Å²) < 4.78 is 15.8. The molecule has 0 unspecified atom stereocenters. The zero-order valence-corrected chi connectivity index (χ0v) is 11.0. The number of benzene rings is 1. The molecule has 0 saturated carbocycles. The summed E-state index contributed by atoms with van der Waals surface area (Å²) in [5.41, 5.74) is -0.231. The Hall–Kier alpha value is -2.28. The predicted molar refractivity (Wildman–Crippen MR) is 71.8 cm³/mol. The molecule has 2 rings (SSSR count). The largest absolute Gasteiger partial charge is 0.329 e. The first kappa shape index (κ1) is 14.1. The lowest BCUT2D eigenvalue weighted by atomic mass is 10.2. The van der Waals surface area contributed by atoms with Gasteiger partial charge in [0.2, 0.25) is 5.82 Å². The molecule has 106 valence electrons. The summed E-state index contributed by atoms with van der Waals surface area (Å²) in [5, 5.41) is 13.9. The molecule has 7 heteroatoms. The van der Waals surface area contributed by atoms with Crippen molar-refractivity contribution in [2.75, 3.05) is 6.54 Å². The minimum atomic E-state index is -0.791. The van der Waals surface area contributed by atoms with Crippen molar-refractivity contribution in [3.05, 3.63) is 57.9 Å². The molecule has 0 aliphatic rings. The second-order valence-corrected chi connectivity index (χ2v) is 4.26. The van der Waals surface area contributed by atoms with E-state index in [0.29, 0.717) is 6.54 Å². The van der Waals surface area contributed by atoms with Crippen LogP contribution in [-0.2, 0) is 13.1 Å². The van der Waals surface area contributed by atoms with Crippen LogP contribution in [-0.4, -0.2) is 21.0 Å². The van der Waals surface area contributed by atoms with Crippen LogP contribution in [0.2, 0.25) is 0 Å². The summed E-state index contributed by atoms with van der Waals surface area (Å²) in [6.07, 6.45) is 3.35. The van der Waals surface area contributed by atoms with Crippen LogP contribution in [0, 0.1) is 15.9 Å². The molecular formula is C13H15FN4O2. The summed E-state index contributed by atoms with van der Waals surface area (Å²) in [6.45, 7) is 3.57. The van der Waals surface area contributed by atoms with Crippen LogP contribution in [0.25, 0.3) is 0 Å². The lowest BCUT2D eigenvalue weighted by Crippen LogP contribution is -2.17. The molecule has 0 fully saturated rings. The number of nitrogens with zero attached hydrogens (tertiary/aromatic N) is 3. The molecule has 1 aromatic heterocycles. The molecule has 1 aromatic carbocycles. The summed E-state index contributed by atoms with van der Waals surface area (Å²) in [4.78, 5) is 14.2. The molecule has 0 amide bonds. The van der Waals surface area contributed by atoms with Crippen molar-refractivity contribution in [3.8, 4) is 0 Å². The highest BCUT2D eigenvalue weighted by Gasteiger charge is 2.17. The van der Waals surface area contributed by atoms with Crippen LogP contribution in [0.4, 0.5) is 10.1 Å². The third kappa shape index (κ3) is 3.00. The number of imidazole rings is 1. The standard InChI is InChI=1S/C13H15FN4O2/c1-2-15-8-12-16-6-7-17(12)9-10-4-3-5-11(13(10)14)18(19)20/h3-7,15H,2,8-9H2,1H3. The maximum absolute atomic E-state index is 14.0. The van der Waals surface area contributed by atoms with E-state index in [1.807, 2.05) is 6.92 Å². The van der Waals surface area contributed by atoms with Crippen molar-refractivity contribution in [3.63, 3.8) is 0 Å². The van der Waals surface area contributed by atoms with Crippen molar-refractivity contribution in [1.82, 2.24) is 14.9 Å². The van der Waals surface area contributed by atoms with Crippen LogP contribution < -0.4 is 5.32 Å². The molecule has 0 aliphatic heterocycles. The second-order valence-electron chi connectivity index (χ2n) is 4.26. The van der Waals surface area contributed by atoms with Gasteiger partial charge in [-0.05, 0) is 6.54 Å². The van der Waals surface area contributed by atoms with Gasteiger partial charge in [0.1, 0.15) is 5.82 Å². The third-order valence-corrected chi connectivity index (χ3v) is 2.93. The number of aromatic nitrogens is 2. The van der Waals surface area contributed by atoms with Gasteiger partial charge in [-0.2, -0.15) is 4.39 Å². The fourth-order valence-electron chi connectivity index (χ4n) is 1.90. The van der Waals surface area contributed by atoms with Gasteiger partial charge in [0.25, 0.3) is 0 Å². The van der Waals surface area contributed by atoms with Gasteiger partial charge >= 0.3 is 5.69 Å². The Labute approximate surface area is 115 Å². The Balaban J connectivity index is 2.24. The maximum atomic E-state index is 14.0. The maximum Gasteiger partial charge on any atom is 0.305 e. The van der Waals surface area contributed by atoms with Gasteiger partial charge < -0.3 is 9.88 Å². The fourth-order valence-corrected chi connectivity index (χ4v) is 1.90. The summed E-state index contributed by atoms with van der Waals surface area (Å²) in [5.74, 6) is -0.0293. The van der Waals surface area contributed by atoms with Gasteiger partial charge in [-0.1, -0.05) is 19.1 Å². The van der Waals surface area contributed by atoms with E-state index >= 15 is 0 Å². The minimum absolute atomic E-state index is 0.217. The van der Waals surface area contributed by atoms with Gasteiger partial charge in [-0.15, -0.1) is 0 Å². The van der Waals surface area contributed by atoms with E-state index in [-0.39, 0.29) is 12.1 Å². The minimum Gasteiger partial charge on any atom is -0.329 e. The number of halogens is 1. The number of nitro benzene ring substituents is 1. The number of rotatable bonds is 6. The smallest absolute Gasteiger partial charge is 0.305 e. The highest BCUT2D eigenvalue weighted by molar-refractivity contribution is 5.36. The average Bonchev–Trinajstić information content (AvgIpc) is 2.85. The summed E-state index contributed by atoms with van der Waals surface area (Å²) in [6, 6.07) is 4.18. The van der Waals surface area contributed by atoms with E-state index in [9.17, 15) is 14.5 Å². The van der Waals surface area contributed by atoms with Gasteiger partial charge in [-0.25, -0.2) is 4.98 Å². The Morgan fingerprint density at radius 2 is 2.30 bits per heavy atom. The van der Waals surface area contributed by atoms with E-state index in [2.05, 4.69) is 10.3 Å². The Morgan fingerprint density at radius 3 is 3.00 bits per heavy atom. The first-order valence-electron chi connectivity index (χ1n) is 6.26. The summed E-state index contributed by atoms with van der Waals surface area (Å²) in [7, 11) is 0. The zero-order chi connectivity index (χ0) is 14.5. The Kier molecular flexibility index (Phi) is 4.41. The molecule has 1 N–H and O–H groups in total. The van der Waals surface area contributed by atoms with E-state index in [1.54, 1.807) is 23.0 Å². The van der Waals surface area contributed by atoms with E-state index in [4.69, 9.17) is 0 Å². The van der Waals surface area contributed by atoms with Crippen molar-refractivity contribution in [1.29, 1.82) is 0 Å². The van der Waals surface area contributed by atoms with Crippen molar-refractivity contribution in [2.45, 2.75) is 20.0 Å². The molecule has 6 nitrogen and oxygen atoms in total. The average molecular weight is 278 g/mol. The van der Waals surface area contributed by atoms with E-state index in [1.165, 1.54) is 6.07 Å². The number of hydrogen-bond acceptors (Lipinski definition) is 4. The van der Waals surface area contributed by atoms with Gasteiger partial charge in [0.15, 0.2) is 0 Å². The normalized spacial score (nSPS) is 10.7. The molecule has 0 spiro atoms. The first-order chi connectivity index (χ1) is 9.63. The van der Waals surface area contributed by atoms with Crippen LogP contribution in [0.3, 0.4) is 0 Å². The molecular weight excluding hydrogens is 263 g/mol. The van der Waals surface area contributed by atoms with Crippen LogP contribution >= 0.6 is 0 Å². The van der Waals surface area contributed by atoms with Gasteiger partial charge in [-0.3, -0.25) is 10.1 Å². The van der Waals surface area contributed by atoms with Gasteiger partial charge in [0.05, 0.1) is 18.0 Å². The lowest BCUT2D eigenvalue weighted by molar-refractivity contribution is -0.387. The Bertz CT molecular complexity index is 612. The number of nitro groups is 1.